The predicted octanol–water partition coefficient (Wildman–Crippen LogP) is 4.25. The summed E-state index contributed by atoms with van der Waals surface area (Å²) in [5.74, 6) is 1.06. The molecule has 2 aromatic heterocycles. The maximum atomic E-state index is 12.9. The third-order valence-corrected chi connectivity index (χ3v) is 6.61. The number of amides is 1. The maximum absolute atomic E-state index is 12.9. The fourth-order valence-electron chi connectivity index (χ4n) is 3.43. The number of fused-ring (bicyclic) bond motifs is 1. The van der Waals surface area contributed by atoms with Gasteiger partial charge in [0, 0.05) is 48.8 Å². The van der Waals surface area contributed by atoms with E-state index in [4.69, 9.17) is 0 Å². The molecule has 0 aliphatic carbocycles. The van der Waals surface area contributed by atoms with Crippen LogP contribution in [0.4, 0.5) is 0 Å². The Morgan fingerprint density at radius 2 is 2.24 bits per heavy atom. The van der Waals surface area contributed by atoms with Crippen molar-refractivity contribution >= 4 is 34.0 Å². The third-order valence-electron chi connectivity index (χ3n) is 4.78. The molecule has 1 aromatic carbocycles. The fraction of sp³-hybridized carbons (Fsp3) is 0.333. The summed E-state index contributed by atoms with van der Waals surface area (Å²) in [6.07, 6.45) is 2.46. The summed E-state index contributed by atoms with van der Waals surface area (Å²) in [6.45, 7) is 6.20. The number of aromatic nitrogens is 3. The molecule has 8 heteroatoms. The number of H-pyrrole nitrogens is 1. The fourth-order valence-corrected chi connectivity index (χ4v) is 5.10. The van der Waals surface area contributed by atoms with Crippen LogP contribution in [0.25, 0.3) is 10.7 Å². The third kappa shape index (κ3) is 4.13. The monoisotopic (exact) mass is 425 g/mol. The largest absolute Gasteiger partial charge is 0.334 e. The molecule has 3 heterocycles. The van der Waals surface area contributed by atoms with Crippen LogP contribution in [0.2, 0.25) is 0 Å². The van der Waals surface area contributed by atoms with E-state index in [1.54, 1.807) is 29.3 Å². The van der Waals surface area contributed by atoms with Crippen molar-refractivity contribution < 1.29 is 4.79 Å². The van der Waals surface area contributed by atoms with Gasteiger partial charge >= 0.3 is 0 Å². The highest BCUT2D eigenvalue weighted by Crippen LogP contribution is 2.29. The van der Waals surface area contributed by atoms with Crippen molar-refractivity contribution in [1.82, 2.24) is 20.1 Å². The zero-order valence-corrected chi connectivity index (χ0v) is 18.1. The average Bonchev–Trinajstić information content (AvgIpc) is 3.47. The van der Waals surface area contributed by atoms with Gasteiger partial charge in [-0.3, -0.25) is 14.9 Å². The van der Waals surface area contributed by atoms with E-state index >= 15 is 0 Å². The predicted molar refractivity (Wildman–Crippen MR) is 120 cm³/mol. The summed E-state index contributed by atoms with van der Waals surface area (Å²) in [7, 11) is 0. The van der Waals surface area contributed by atoms with Gasteiger partial charge in [0.1, 0.15) is 5.01 Å². The second kappa shape index (κ2) is 8.92. The lowest BCUT2D eigenvalue weighted by Gasteiger charge is -2.15. The zero-order valence-electron chi connectivity index (χ0n) is 16.5. The first-order valence-electron chi connectivity index (χ1n) is 9.74. The van der Waals surface area contributed by atoms with E-state index in [0.717, 1.165) is 56.8 Å². The number of thioether (sulfide) groups is 1. The molecule has 0 bridgehead atoms. The molecule has 6 nitrogen and oxygen atoms in total. The molecule has 150 valence electrons. The van der Waals surface area contributed by atoms with Crippen LogP contribution in [-0.4, -0.2) is 49.9 Å². The number of carbonyl (C=O) groups excluding carboxylic acids is 1. The first kappa shape index (κ1) is 19.8. The number of aromatic amines is 1. The van der Waals surface area contributed by atoms with Gasteiger partial charge in [-0.1, -0.05) is 19.1 Å². The van der Waals surface area contributed by atoms with Gasteiger partial charge in [-0.2, -0.15) is 5.10 Å². The van der Waals surface area contributed by atoms with E-state index in [2.05, 4.69) is 38.5 Å². The number of nitrogens with one attached hydrogen (secondary N) is 1. The molecule has 0 spiro atoms. The average molecular weight is 426 g/mol. The molecule has 4 rings (SSSR count). The Labute approximate surface area is 178 Å². The normalized spacial score (nSPS) is 13.9. The number of rotatable bonds is 7. The van der Waals surface area contributed by atoms with Gasteiger partial charge in [0.2, 0.25) is 0 Å². The van der Waals surface area contributed by atoms with Crippen molar-refractivity contribution in [2.45, 2.75) is 26.8 Å². The number of carbonyl (C=O) groups is 1. The Kier molecular flexibility index (Phi) is 6.10. The quantitative estimate of drug-likeness (QED) is 0.454. The van der Waals surface area contributed by atoms with Gasteiger partial charge in [-0.05, 0) is 30.4 Å². The maximum Gasteiger partial charge on any atom is 0.254 e. The van der Waals surface area contributed by atoms with Gasteiger partial charge in [0.15, 0.2) is 0 Å². The van der Waals surface area contributed by atoms with Gasteiger partial charge in [0.25, 0.3) is 5.91 Å². The topological polar surface area (TPSA) is 74.2 Å². The highest BCUT2D eigenvalue weighted by atomic mass is 32.2. The lowest BCUT2D eigenvalue weighted by atomic mass is 10.0. The molecule has 0 saturated carbocycles. The van der Waals surface area contributed by atoms with Crippen LogP contribution in [0.3, 0.4) is 0 Å². The van der Waals surface area contributed by atoms with Crippen LogP contribution in [0.5, 0.6) is 0 Å². The molecule has 1 aliphatic heterocycles. The van der Waals surface area contributed by atoms with Crippen molar-refractivity contribution in [1.29, 1.82) is 0 Å². The molecule has 0 unspecified atom stereocenters. The Morgan fingerprint density at radius 1 is 1.34 bits per heavy atom. The number of aliphatic imine (C=N–C) groups is 1. The number of hydrogen-bond acceptors (Lipinski definition) is 6. The van der Waals surface area contributed by atoms with Crippen LogP contribution >= 0.6 is 23.1 Å². The standard InChI is InChI=1S/C21H23N5OS2/c1-3-22-19(28-4-2)15-6-5-7-16-17(15)12-26(21(16)27)11-9-14-13-29-20(24-14)18-8-10-23-25-18/h5-8,10,13H,3-4,9,11-12H2,1-2H3,(H,23,25). The van der Waals surface area contributed by atoms with Crippen LogP contribution in [0.1, 0.15) is 41.0 Å². The Bertz CT molecular complexity index is 1030. The summed E-state index contributed by atoms with van der Waals surface area (Å²) in [4.78, 5) is 24.2. The van der Waals surface area contributed by atoms with Gasteiger partial charge in [-0.15, -0.1) is 23.1 Å². The molecule has 0 radical (unpaired) electrons. The van der Waals surface area contributed by atoms with E-state index in [1.807, 2.05) is 30.0 Å². The molecule has 29 heavy (non-hydrogen) atoms. The molecule has 1 aliphatic rings. The van der Waals surface area contributed by atoms with Gasteiger partial charge in [0.05, 0.1) is 16.4 Å². The summed E-state index contributed by atoms with van der Waals surface area (Å²) in [5, 5.41) is 10.9. The van der Waals surface area contributed by atoms with Gasteiger partial charge in [-0.25, -0.2) is 4.98 Å². The van der Waals surface area contributed by atoms with E-state index in [0.29, 0.717) is 13.1 Å². The minimum absolute atomic E-state index is 0.100. The van der Waals surface area contributed by atoms with Crippen molar-refractivity contribution in [2.24, 2.45) is 4.99 Å². The number of benzene rings is 1. The number of nitrogens with zero attached hydrogens (tertiary/aromatic N) is 4. The van der Waals surface area contributed by atoms with Crippen molar-refractivity contribution in [3.8, 4) is 10.7 Å². The zero-order chi connectivity index (χ0) is 20.2. The van der Waals surface area contributed by atoms with Crippen molar-refractivity contribution in [2.75, 3.05) is 18.8 Å². The van der Waals surface area contributed by atoms with E-state index < -0.39 is 0 Å². The summed E-state index contributed by atoms with van der Waals surface area (Å²) in [5.41, 5.74) is 4.92. The van der Waals surface area contributed by atoms with Crippen molar-refractivity contribution in [3.05, 3.63) is 58.2 Å². The minimum atomic E-state index is 0.100. The first-order chi connectivity index (χ1) is 14.2. The number of thiazole rings is 1. The molecule has 1 amide bonds. The van der Waals surface area contributed by atoms with E-state index in [1.165, 1.54) is 0 Å². The highest BCUT2D eigenvalue weighted by Gasteiger charge is 2.30. The van der Waals surface area contributed by atoms with E-state index in [9.17, 15) is 4.79 Å². The molecular weight excluding hydrogens is 402 g/mol. The van der Waals surface area contributed by atoms with Crippen LogP contribution in [0, 0.1) is 0 Å². The number of hydrogen-bond donors (Lipinski definition) is 1. The summed E-state index contributed by atoms with van der Waals surface area (Å²) < 4.78 is 0. The highest BCUT2D eigenvalue weighted by molar-refractivity contribution is 8.14. The molecule has 0 atom stereocenters. The molecule has 0 fully saturated rings. The molecule has 0 saturated heterocycles. The van der Waals surface area contributed by atoms with E-state index in [-0.39, 0.29) is 5.91 Å². The second-order valence-corrected chi connectivity index (χ2v) is 8.75. The minimum Gasteiger partial charge on any atom is -0.334 e. The van der Waals surface area contributed by atoms with Gasteiger partial charge < -0.3 is 4.90 Å². The lowest BCUT2D eigenvalue weighted by Crippen LogP contribution is -2.26. The Morgan fingerprint density at radius 3 is 3.00 bits per heavy atom. The Balaban J connectivity index is 1.49. The van der Waals surface area contributed by atoms with Crippen LogP contribution < -0.4 is 0 Å². The summed E-state index contributed by atoms with van der Waals surface area (Å²) in [6, 6.07) is 7.90. The first-order valence-corrected chi connectivity index (χ1v) is 11.6. The summed E-state index contributed by atoms with van der Waals surface area (Å²) >= 11 is 3.33. The molecule has 3 aromatic rings. The lowest BCUT2D eigenvalue weighted by molar-refractivity contribution is 0.0780. The SMILES string of the molecule is CCN=C(SCC)c1cccc2c1CN(CCc1csc(-c3ccn[nH]3)n1)C2=O. The molecule has 1 N–H and O–H groups in total. The van der Waals surface area contributed by atoms with Crippen LogP contribution in [-0.2, 0) is 13.0 Å². The Hall–Kier alpha value is -2.45. The van der Waals surface area contributed by atoms with Crippen LogP contribution in [0.15, 0.2) is 40.8 Å². The molecular formula is C21H23N5OS2. The second-order valence-electron chi connectivity index (χ2n) is 6.64. The smallest absolute Gasteiger partial charge is 0.254 e. The van der Waals surface area contributed by atoms with Crippen molar-refractivity contribution in [3.63, 3.8) is 0 Å².